The molecule has 140 valence electrons. The fraction of sp³-hybridized carbons (Fsp3) is 0.500. The first-order valence-electron chi connectivity index (χ1n) is 8.60. The van der Waals surface area contributed by atoms with Gasteiger partial charge in [0.05, 0.1) is 25.9 Å². The van der Waals surface area contributed by atoms with Crippen LogP contribution in [0.15, 0.2) is 21.1 Å². The topological polar surface area (TPSA) is 97.8 Å². The van der Waals surface area contributed by atoms with E-state index in [1.807, 2.05) is 13.8 Å². The minimum Gasteiger partial charge on any atom is -0.463 e. The third-order valence-corrected chi connectivity index (χ3v) is 4.64. The van der Waals surface area contributed by atoms with Gasteiger partial charge in [-0.15, -0.1) is 0 Å². The molecule has 3 rings (SSSR count). The maximum absolute atomic E-state index is 12.3. The molecule has 1 fully saturated rings. The Labute approximate surface area is 151 Å². The summed E-state index contributed by atoms with van der Waals surface area (Å²) in [5.41, 5.74) is 1.97. The summed E-state index contributed by atoms with van der Waals surface area (Å²) in [4.78, 5) is 25.8. The van der Waals surface area contributed by atoms with Crippen molar-refractivity contribution < 1.29 is 23.3 Å². The summed E-state index contributed by atoms with van der Waals surface area (Å²) in [6.45, 7) is 5.20. The van der Waals surface area contributed by atoms with Gasteiger partial charge >= 0.3 is 5.97 Å². The van der Waals surface area contributed by atoms with Crippen molar-refractivity contribution in [3.05, 3.63) is 40.7 Å². The predicted octanol–water partition coefficient (Wildman–Crippen LogP) is 2.12. The zero-order valence-electron chi connectivity index (χ0n) is 15.2. The van der Waals surface area contributed by atoms with Gasteiger partial charge in [-0.3, -0.25) is 9.69 Å². The number of aryl methyl sites for hydroxylation is 2. The average Bonchev–Trinajstić information content (AvgIpc) is 3.34. The number of hydrogen-bond donors (Lipinski definition) is 1. The van der Waals surface area contributed by atoms with Gasteiger partial charge in [0.25, 0.3) is 0 Å². The van der Waals surface area contributed by atoms with E-state index < -0.39 is 5.97 Å². The van der Waals surface area contributed by atoms with Crippen molar-refractivity contribution in [2.75, 3.05) is 20.2 Å². The number of nitrogens with one attached hydrogen (secondary N) is 1. The summed E-state index contributed by atoms with van der Waals surface area (Å²) in [6, 6.07) is 3.33. The number of esters is 1. The molecule has 0 bridgehead atoms. The van der Waals surface area contributed by atoms with Crippen molar-refractivity contribution in [2.24, 2.45) is 0 Å². The highest BCUT2D eigenvalue weighted by Gasteiger charge is 2.31. The summed E-state index contributed by atoms with van der Waals surface area (Å²) in [5, 5.41) is 6.85. The van der Waals surface area contributed by atoms with Gasteiger partial charge < -0.3 is 19.0 Å². The van der Waals surface area contributed by atoms with Gasteiger partial charge in [0.15, 0.2) is 0 Å². The Hall–Kier alpha value is -2.61. The summed E-state index contributed by atoms with van der Waals surface area (Å²) in [6.07, 6.45) is 2.01. The maximum atomic E-state index is 12.3. The third kappa shape index (κ3) is 3.80. The lowest BCUT2D eigenvalue weighted by Crippen LogP contribution is -2.36. The number of carbonyl (C=O) groups is 2. The van der Waals surface area contributed by atoms with Crippen LogP contribution in [0, 0.1) is 13.8 Å². The van der Waals surface area contributed by atoms with E-state index >= 15 is 0 Å². The Balaban J connectivity index is 1.56. The number of likely N-dealkylation sites (tertiary alicyclic amines) is 1. The van der Waals surface area contributed by atoms with Gasteiger partial charge in [0.2, 0.25) is 11.7 Å². The fourth-order valence-corrected chi connectivity index (χ4v) is 3.42. The number of amides is 1. The highest BCUT2D eigenvalue weighted by Crippen LogP contribution is 2.35. The second-order valence-electron chi connectivity index (χ2n) is 6.40. The van der Waals surface area contributed by atoms with E-state index in [2.05, 4.69) is 20.1 Å². The van der Waals surface area contributed by atoms with Crippen LogP contribution in [0.5, 0.6) is 0 Å². The molecular weight excluding hydrogens is 338 g/mol. The van der Waals surface area contributed by atoms with Crippen LogP contribution in [0.2, 0.25) is 0 Å². The zero-order chi connectivity index (χ0) is 18.7. The van der Waals surface area contributed by atoms with Crippen molar-refractivity contribution in [3.63, 3.8) is 0 Å². The van der Waals surface area contributed by atoms with Gasteiger partial charge in [-0.25, -0.2) is 4.79 Å². The van der Waals surface area contributed by atoms with E-state index in [1.165, 1.54) is 13.2 Å². The highest BCUT2D eigenvalue weighted by atomic mass is 16.5. The molecule has 0 aromatic carbocycles. The lowest BCUT2D eigenvalue weighted by molar-refractivity contribution is -0.122. The first-order chi connectivity index (χ1) is 12.5. The Morgan fingerprint density at radius 2 is 2.19 bits per heavy atom. The van der Waals surface area contributed by atoms with E-state index in [1.54, 1.807) is 6.07 Å². The number of carbonyl (C=O) groups excluding carboxylic acids is 2. The van der Waals surface area contributed by atoms with Crippen LogP contribution in [0.3, 0.4) is 0 Å². The molecule has 3 heterocycles. The minimum atomic E-state index is -0.540. The van der Waals surface area contributed by atoms with Crippen LogP contribution in [0.1, 0.15) is 52.2 Å². The molecule has 1 saturated heterocycles. The third-order valence-electron chi connectivity index (χ3n) is 4.64. The largest absolute Gasteiger partial charge is 0.463 e. The number of rotatable bonds is 6. The lowest BCUT2D eigenvalue weighted by atomic mass is 10.0. The molecule has 1 atom stereocenters. The fourth-order valence-electron chi connectivity index (χ4n) is 3.42. The van der Waals surface area contributed by atoms with Crippen molar-refractivity contribution in [1.82, 2.24) is 15.4 Å². The number of ether oxygens (including phenoxy) is 1. The molecule has 1 aliphatic rings. The van der Waals surface area contributed by atoms with Crippen molar-refractivity contribution in [1.29, 1.82) is 0 Å². The molecule has 2 aromatic heterocycles. The molecule has 1 N–H and O–H groups in total. The Morgan fingerprint density at radius 3 is 2.88 bits per heavy atom. The number of hydrogen-bond acceptors (Lipinski definition) is 7. The zero-order valence-corrected chi connectivity index (χ0v) is 15.2. The Kier molecular flexibility index (Phi) is 5.41. The highest BCUT2D eigenvalue weighted by molar-refractivity contribution is 5.86. The maximum Gasteiger partial charge on any atom is 0.373 e. The predicted molar refractivity (Wildman–Crippen MR) is 91.4 cm³/mol. The minimum absolute atomic E-state index is 0.0975. The number of nitrogens with zero attached hydrogens (tertiary/aromatic N) is 2. The first kappa shape index (κ1) is 18.2. The van der Waals surface area contributed by atoms with Crippen LogP contribution in [-0.4, -0.2) is 42.1 Å². The van der Waals surface area contributed by atoms with Gasteiger partial charge in [0, 0.05) is 11.6 Å². The first-order valence-corrected chi connectivity index (χ1v) is 8.60. The van der Waals surface area contributed by atoms with E-state index in [0.717, 1.165) is 36.4 Å². The van der Waals surface area contributed by atoms with Crippen molar-refractivity contribution in [2.45, 2.75) is 39.3 Å². The summed E-state index contributed by atoms with van der Waals surface area (Å²) in [7, 11) is 1.29. The van der Waals surface area contributed by atoms with Gasteiger partial charge in [-0.05, 0) is 45.4 Å². The average molecular weight is 361 g/mol. The number of aromatic nitrogens is 1. The van der Waals surface area contributed by atoms with Gasteiger partial charge in [-0.2, -0.15) is 0 Å². The second-order valence-corrected chi connectivity index (χ2v) is 6.40. The van der Waals surface area contributed by atoms with Crippen molar-refractivity contribution >= 4 is 11.9 Å². The van der Waals surface area contributed by atoms with Crippen LogP contribution >= 0.6 is 0 Å². The smallest absolute Gasteiger partial charge is 0.373 e. The van der Waals surface area contributed by atoms with Crippen molar-refractivity contribution in [3.8, 4) is 0 Å². The molecule has 1 aliphatic heterocycles. The van der Waals surface area contributed by atoms with Gasteiger partial charge in [-0.1, -0.05) is 5.16 Å². The normalized spacial score (nSPS) is 17.4. The monoisotopic (exact) mass is 361 g/mol. The Morgan fingerprint density at radius 1 is 1.38 bits per heavy atom. The van der Waals surface area contributed by atoms with E-state index in [4.69, 9.17) is 8.94 Å². The van der Waals surface area contributed by atoms with Gasteiger partial charge in [0.1, 0.15) is 11.5 Å². The van der Waals surface area contributed by atoms with Crippen LogP contribution in [-0.2, 0) is 16.1 Å². The summed E-state index contributed by atoms with van der Waals surface area (Å²) >= 11 is 0. The van der Waals surface area contributed by atoms with Crippen LogP contribution < -0.4 is 5.32 Å². The number of furan rings is 1. The second kappa shape index (κ2) is 7.74. The van der Waals surface area contributed by atoms with E-state index in [-0.39, 0.29) is 24.3 Å². The molecular formula is C18H23N3O5. The molecule has 0 unspecified atom stereocenters. The molecule has 8 nitrogen and oxygen atoms in total. The van der Waals surface area contributed by atoms with Crippen LogP contribution in [0.4, 0.5) is 0 Å². The lowest BCUT2D eigenvalue weighted by Gasteiger charge is -2.23. The molecule has 0 radical (unpaired) electrons. The van der Waals surface area contributed by atoms with Crippen LogP contribution in [0.25, 0.3) is 0 Å². The molecule has 8 heteroatoms. The molecule has 1 amide bonds. The van der Waals surface area contributed by atoms with E-state index in [0.29, 0.717) is 12.3 Å². The quantitative estimate of drug-likeness (QED) is 0.787. The number of methoxy groups -OCH3 is 1. The molecule has 0 aliphatic carbocycles. The molecule has 2 aromatic rings. The molecule has 0 saturated carbocycles. The molecule has 26 heavy (non-hydrogen) atoms. The molecule has 0 spiro atoms. The Bertz CT molecular complexity index is 775. The SMILES string of the molecule is COC(=O)c1ccc(CNC(=O)CN2CCC[C@H]2c2c(C)noc2C)o1. The summed E-state index contributed by atoms with van der Waals surface area (Å²) in [5.74, 6) is 0.796. The summed E-state index contributed by atoms with van der Waals surface area (Å²) < 4.78 is 15.2. The van der Waals surface area contributed by atoms with E-state index in [9.17, 15) is 9.59 Å². The standard InChI is InChI=1S/C18H23N3O5/c1-11-17(12(2)26-20-11)14-5-4-8-21(14)10-16(22)19-9-13-6-7-15(25-13)18(23)24-3/h6-7,14H,4-5,8-10H2,1-3H3,(H,19,22)/t14-/m0/s1.